The highest BCUT2D eigenvalue weighted by atomic mass is 16.3. The van der Waals surface area contributed by atoms with Crippen LogP contribution in [-0.4, -0.2) is 43.4 Å². The largest absolute Gasteiger partial charge is 0.391 e. The van der Waals surface area contributed by atoms with Crippen molar-refractivity contribution in [3.8, 4) is 0 Å². The summed E-state index contributed by atoms with van der Waals surface area (Å²) in [5.41, 5.74) is 0. The van der Waals surface area contributed by atoms with Gasteiger partial charge in [0.1, 0.15) is 6.54 Å². The quantitative estimate of drug-likeness (QED) is 0.169. The van der Waals surface area contributed by atoms with Crippen LogP contribution in [0.4, 0.5) is 0 Å². The number of nitrogens with zero attached hydrogens (tertiary/aromatic N) is 1. The fourth-order valence-electron chi connectivity index (χ4n) is 3.82. The highest BCUT2D eigenvalue weighted by Crippen LogP contribution is 2.14. The Morgan fingerprint density at radius 1 is 0.462 bits per heavy atom. The van der Waals surface area contributed by atoms with Crippen molar-refractivity contribution in [1.82, 2.24) is 0 Å². The predicted molar refractivity (Wildman–Crippen MR) is 118 cm³/mol. The summed E-state index contributed by atoms with van der Waals surface area (Å²) >= 11 is 0. The molecule has 0 rings (SSSR count). The molecule has 0 fully saturated rings. The van der Waals surface area contributed by atoms with Gasteiger partial charge in [-0.1, -0.05) is 110 Å². The fourth-order valence-corrected chi connectivity index (χ4v) is 3.82. The van der Waals surface area contributed by atoms with E-state index in [1.807, 2.05) is 0 Å². The number of quaternary nitrogens is 1. The first-order valence-electron chi connectivity index (χ1n) is 12.1. The van der Waals surface area contributed by atoms with Crippen LogP contribution >= 0.6 is 0 Å². The van der Waals surface area contributed by atoms with Crippen LogP contribution in [-0.2, 0) is 0 Å². The molecule has 0 aromatic heterocycles. The van der Waals surface area contributed by atoms with E-state index in [-0.39, 0.29) is 0 Å². The second-order valence-corrected chi connectivity index (χ2v) is 9.12. The topological polar surface area (TPSA) is 20.2 Å². The zero-order chi connectivity index (χ0) is 19.3. The Hall–Kier alpha value is -0.0800. The van der Waals surface area contributed by atoms with Crippen molar-refractivity contribution < 1.29 is 9.59 Å². The van der Waals surface area contributed by atoms with E-state index in [0.29, 0.717) is 6.61 Å². The van der Waals surface area contributed by atoms with Gasteiger partial charge in [0, 0.05) is 0 Å². The number of unbranched alkanes of at least 4 members (excludes halogenated alkanes) is 17. The van der Waals surface area contributed by atoms with Gasteiger partial charge in [0.25, 0.3) is 0 Å². The van der Waals surface area contributed by atoms with Crippen molar-refractivity contribution in [3.63, 3.8) is 0 Å². The van der Waals surface area contributed by atoms with Crippen LogP contribution in [0.15, 0.2) is 0 Å². The van der Waals surface area contributed by atoms with Gasteiger partial charge in [-0.25, -0.2) is 0 Å². The van der Waals surface area contributed by atoms with Crippen LogP contribution in [0.2, 0.25) is 0 Å². The van der Waals surface area contributed by atoms with Gasteiger partial charge >= 0.3 is 0 Å². The molecule has 0 amide bonds. The van der Waals surface area contributed by atoms with Crippen LogP contribution in [0.5, 0.6) is 0 Å². The molecular weight excluding hydrogens is 318 g/mol. The number of aliphatic hydroxyl groups excluding tert-OH is 1. The molecule has 0 atom stereocenters. The third-order valence-corrected chi connectivity index (χ3v) is 5.82. The van der Waals surface area contributed by atoms with Crippen molar-refractivity contribution in [1.29, 1.82) is 0 Å². The highest BCUT2D eigenvalue weighted by Gasteiger charge is 2.12. The van der Waals surface area contributed by atoms with Gasteiger partial charge in [-0.3, -0.25) is 0 Å². The normalized spacial score (nSPS) is 12.0. The van der Waals surface area contributed by atoms with Crippen molar-refractivity contribution in [2.45, 2.75) is 122 Å². The number of hydrogen-bond acceptors (Lipinski definition) is 1. The van der Waals surface area contributed by atoms with Gasteiger partial charge in [0.2, 0.25) is 0 Å². The average Bonchev–Trinajstić information content (AvgIpc) is 2.60. The van der Waals surface area contributed by atoms with Gasteiger partial charge in [-0.2, -0.15) is 0 Å². The second kappa shape index (κ2) is 19.7. The maximum Gasteiger partial charge on any atom is 0.102 e. The summed E-state index contributed by atoms with van der Waals surface area (Å²) in [6, 6.07) is 0. The monoisotopic (exact) mass is 370 g/mol. The Morgan fingerprint density at radius 3 is 1.08 bits per heavy atom. The molecule has 0 bridgehead atoms. The lowest BCUT2D eigenvalue weighted by atomic mass is 10.0. The van der Waals surface area contributed by atoms with E-state index in [9.17, 15) is 0 Å². The first-order chi connectivity index (χ1) is 12.6. The maximum absolute atomic E-state index is 9.04. The molecule has 0 aromatic rings. The molecule has 0 saturated carbocycles. The molecule has 0 aromatic carbocycles. The summed E-state index contributed by atoms with van der Waals surface area (Å²) in [7, 11) is 4.45. The van der Waals surface area contributed by atoms with E-state index in [4.69, 9.17) is 5.11 Å². The lowest BCUT2D eigenvalue weighted by Gasteiger charge is -2.28. The van der Waals surface area contributed by atoms with E-state index in [1.165, 1.54) is 122 Å². The Balaban J connectivity index is 3.09. The lowest BCUT2D eigenvalue weighted by Crippen LogP contribution is -2.42. The van der Waals surface area contributed by atoms with Gasteiger partial charge in [0.15, 0.2) is 0 Å². The Morgan fingerprint density at radius 2 is 0.769 bits per heavy atom. The molecule has 26 heavy (non-hydrogen) atoms. The Labute approximate surface area is 166 Å². The number of rotatable bonds is 21. The average molecular weight is 371 g/mol. The van der Waals surface area contributed by atoms with Gasteiger partial charge < -0.3 is 9.59 Å². The third-order valence-electron chi connectivity index (χ3n) is 5.82. The highest BCUT2D eigenvalue weighted by molar-refractivity contribution is 4.50. The van der Waals surface area contributed by atoms with Crippen molar-refractivity contribution >= 4 is 0 Å². The van der Waals surface area contributed by atoms with Crippen LogP contribution in [0.3, 0.4) is 0 Å². The van der Waals surface area contributed by atoms with E-state index < -0.39 is 0 Å². The molecule has 0 aliphatic heterocycles. The van der Waals surface area contributed by atoms with Crippen molar-refractivity contribution in [2.24, 2.45) is 0 Å². The smallest absolute Gasteiger partial charge is 0.102 e. The van der Waals surface area contributed by atoms with Crippen molar-refractivity contribution in [2.75, 3.05) is 33.8 Å². The SMILES string of the molecule is CCCCCCCCCCCCCCCCCCCC[N+](C)(C)CCO. The second-order valence-electron chi connectivity index (χ2n) is 9.12. The number of aliphatic hydroxyl groups is 1. The predicted octanol–water partition coefficient (Wildman–Crippen LogP) is 7.10. The first-order valence-corrected chi connectivity index (χ1v) is 12.1. The van der Waals surface area contributed by atoms with Crippen LogP contribution < -0.4 is 0 Å². The van der Waals surface area contributed by atoms with Crippen LogP contribution in [0.25, 0.3) is 0 Å². The van der Waals surface area contributed by atoms with E-state index in [1.54, 1.807) is 0 Å². The molecule has 0 saturated heterocycles. The molecule has 0 radical (unpaired) electrons. The third kappa shape index (κ3) is 20.2. The Bertz CT molecular complexity index is 265. The summed E-state index contributed by atoms with van der Waals surface area (Å²) < 4.78 is 0.968. The molecule has 2 nitrogen and oxygen atoms in total. The minimum atomic E-state index is 0.312. The summed E-state index contributed by atoms with van der Waals surface area (Å²) in [6.07, 6.45) is 25.8. The van der Waals surface area contributed by atoms with Crippen LogP contribution in [0.1, 0.15) is 122 Å². The zero-order valence-corrected chi connectivity index (χ0v) is 18.7. The molecule has 158 valence electrons. The minimum absolute atomic E-state index is 0.312. The van der Waals surface area contributed by atoms with E-state index in [0.717, 1.165) is 11.0 Å². The molecule has 1 N–H and O–H groups in total. The molecule has 0 spiro atoms. The fraction of sp³-hybridized carbons (Fsp3) is 1.00. The maximum atomic E-state index is 9.04. The van der Waals surface area contributed by atoms with Crippen LogP contribution in [0, 0.1) is 0 Å². The number of hydrogen-bond donors (Lipinski definition) is 1. The van der Waals surface area contributed by atoms with Crippen molar-refractivity contribution in [3.05, 3.63) is 0 Å². The summed E-state index contributed by atoms with van der Waals surface area (Å²) in [5.74, 6) is 0. The molecule has 2 heteroatoms. The zero-order valence-electron chi connectivity index (χ0n) is 18.7. The molecule has 0 aliphatic rings. The molecule has 0 aliphatic carbocycles. The number of likely N-dealkylation sites (N-methyl/N-ethyl adjacent to an activating group) is 1. The lowest BCUT2D eigenvalue weighted by molar-refractivity contribution is -0.890. The van der Waals surface area contributed by atoms with Gasteiger partial charge in [-0.15, -0.1) is 0 Å². The standard InChI is InChI=1S/C24H52NO/c1-4-5-6-7-8-9-10-11-12-13-14-15-16-17-18-19-20-21-22-25(2,3)23-24-26/h26H,4-24H2,1-3H3/q+1. The van der Waals surface area contributed by atoms with E-state index >= 15 is 0 Å². The summed E-state index contributed by atoms with van der Waals surface area (Å²) in [4.78, 5) is 0. The molecule has 0 heterocycles. The van der Waals surface area contributed by atoms with Gasteiger partial charge in [-0.05, 0) is 12.8 Å². The summed E-state index contributed by atoms with van der Waals surface area (Å²) in [6.45, 7) is 4.70. The van der Waals surface area contributed by atoms with Gasteiger partial charge in [0.05, 0.1) is 27.2 Å². The summed E-state index contributed by atoms with van der Waals surface area (Å²) in [5, 5.41) is 9.04. The minimum Gasteiger partial charge on any atom is -0.391 e. The first kappa shape index (κ1) is 25.9. The molecular formula is C24H52NO+. The molecule has 0 unspecified atom stereocenters. The van der Waals surface area contributed by atoms with E-state index in [2.05, 4.69) is 21.0 Å². The Kier molecular flexibility index (Phi) is 19.6.